The normalized spacial score (nSPS) is 20.8. The minimum Gasteiger partial charge on any atom is -0.476 e. The minimum atomic E-state index is -3.86. The number of alkyl carbamates (subject to hydrolysis) is 1. The molecule has 0 unspecified atom stereocenters. The van der Waals surface area contributed by atoms with Gasteiger partial charge in [-0.1, -0.05) is 33.7 Å². The van der Waals surface area contributed by atoms with Crippen LogP contribution in [0, 0.1) is 23.3 Å². The summed E-state index contributed by atoms with van der Waals surface area (Å²) in [5, 5.41) is 10.8. The quantitative estimate of drug-likeness (QED) is 0.0739. The Labute approximate surface area is 432 Å². The first-order valence-corrected chi connectivity index (χ1v) is 26.4. The van der Waals surface area contributed by atoms with E-state index in [-0.39, 0.29) is 40.8 Å². The summed E-state index contributed by atoms with van der Waals surface area (Å²) in [6.07, 6.45) is 5.96. The number of halogens is 4. The zero-order valence-electron chi connectivity index (χ0n) is 44.7. The van der Waals surface area contributed by atoms with Crippen LogP contribution < -0.4 is 16.8 Å². The molecule has 404 valence electrons. The number of aliphatic imine (C=N–C) groups is 2. The fraction of sp³-hybridized carbons (Fsp3) is 0.460. The Bertz CT molecular complexity index is 3090. The molecule has 24 heteroatoms. The van der Waals surface area contributed by atoms with Crippen LogP contribution in [-0.2, 0) is 42.3 Å². The molecule has 2 saturated carbocycles. The van der Waals surface area contributed by atoms with Crippen LogP contribution in [0.4, 0.5) is 28.0 Å². The van der Waals surface area contributed by atoms with Gasteiger partial charge in [-0.05, 0) is 131 Å². The van der Waals surface area contributed by atoms with Gasteiger partial charge in [-0.25, -0.2) is 72.5 Å². The topological polar surface area (TPSA) is 270 Å². The third kappa shape index (κ3) is 15.0. The molecule has 4 aliphatic rings. The summed E-state index contributed by atoms with van der Waals surface area (Å²) >= 11 is 0. The zero-order valence-corrected chi connectivity index (χ0v) is 44.3. The summed E-state index contributed by atoms with van der Waals surface area (Å²) in [5.74, 6) is -5.36. The van der Waals surface area contributed by atoms with Gasteiger partial charge in [-0.15, -0.1) is 0 Å². The SMILES string of the molecule is CN1C(N)=N[C@](C)(c2cc(CC(=O)c3ncc(C4CC4)cc3F)ccc2F)CS1(=O)=O.CN1C(NC(=O)OC(C)(C)C)=N[C@](C)(c2cc(N)ccc2F)CS1(=O)=O.O=C(O)c1ncc(C2CC2)cc1F.[2H]CC.[2H]CC. The molecule has 2 aromatic carbocycles. The van der Waals surface area contributed by atoms with Crippen LogP contribution in [0.5, 0.6) is 0 Å². The van der Waals surface area contributed by atoms with Crippen LogP contribution in [-0.4, -0.2) is 101 Å². The van der Waals surface area contributed by atoms with E-state index < -0.39 is 95.0 Å². The number of benzene rings is 2. The second kappa shape index (κ2) is 23.7. The molecule has 2 atom stereocenters. The number of nitrogens with two attached hydrogens (primary N) is 2. The summed E-state index contributed by atoms with van der Waals surface area (Å²) in [7, 11) is -5.13. The summed E-state index contributed by atoms with van der Waals surface area (Å²) in [5.41, 5.74) is 9.24. The number of hydrogen-bond donors (Lipinski definition) is 4. The van der Waals surface area contributed by atoms with Crippen LogP contribution in [0.25, 0.3) is 0 Å². The third-order valence-electron chi connectivity index (χ3n) is 11.5. The first kappa shape index (κ1) is 56.6. The number of aromatic nitrogens is 2. The van der Waals surface area contributed by atoms with Gasteiger partial charge in [0, 0.05) is 52.5 Å². The fourth-order valence-electron chi connectivity index (χ4n) is 7.52. The predicted molar refractivity (Wildman–Crippen MR) is 273 cm³/mol. The minimum absolute atomic E-state index is 0.00469. The number of carbonyl (C=O) groups is 3. The molecule has 2 aliphatic carbocycles. The second-order valence-corrected chi connectivity index (χ2v) is 22.7. The lowest BCUT2D eigenvalue weighted by atomic mass is 9.91. The van der Waals surface area contributed by atoms with Crippen LogP contribution in [0.15, 0.2) is 70.9 Å². The standard InChI is InChI=1S/C21H22F2N4O3S.C16H23FN4O4S.C9H8FNO2.2C2H6/c1-21(11-31(29,30)27(2)20(24)26-21)15-7-12(3-6-16(15)22)8-18(28)19-17(23)9-14(10-25-19)13-4-5-13;1-15(2,3)25-14(22)19-13-20-16(4,9-26(23,24)21(13)5)11-8-10(18)6-7-12(11)17;10-7-3-6(5-1-2-5)4-11-8(7)9(12)13;2*1-2/h3,6-7,9-10,13H,4-5,8,11H2,1-2H3,(H2,24,26);6-8H,9,18H2,1-5H3,(H,19,20,22);3-5H,1-2H2,(H,12,13);2*1-2H3/t21-;16-;;;/m00.../s1/i;;;2*1D. The number of carbonyl (C=O) groups excluding carboxylic acids is 2. The smallest absolute Gasteiger partial charge is 0.414 e. The van der Waals surface area contributed by atoms with Gasteiger partial charge in [-0.3, -0.25) is 10.1 Å². The largest absolute Gasteiger partial charge is 0.476 e. The van der Waals surface area contributed by atoms with Gasteiger partial charge in [0.05, 0.1) is 11.5 Å². The van der Waals surface area contributed by atoms with Crippen molar-refractivity contribution in [3.63, 3.8) is 0 Å². The molecule has 0 spiro atoms. The molecule has 2 aliphatic heterocycles. The highest BCUT2D eigenvalue weighted by atomic mass is 32.2. The van der Waals surface area contributed by atoms with Gasteiger partial charge >= 0.3 is 12.1 Å². The Morgan fingerprint density at radius 2 is 1.22 bits per heavy atom. The predicted octanol–water partition coefficient (Wildman–Crippen LogP) is 8.10. The number of guanidine groups is 2. The molecular formula is C50H65F4N9O9S2. The molecule has 2 aromatic heterocycles. The summed E-state index contributed by atoms with van der Waals surface area (Å²) in [6, 6.07) is 10.4. The molecule has 18 nitrogen and oxygen atoms in total. The van der Waals surface area contributed by atoms with Gasteiger partial charge in [0.15, 0.2) is 23.1 Å². The van der Waals surface area contributed by atoms with Gasteiger partial charge in [0.1, 0.15) is 34.0 Å². The Kier molecular flexibility index (Phi) is 18.1. The number of Topliss-reactive ketones (excluding diaryl/α,β-unsaturated/α-hetero) is 1. The van der Waals surface area contributed by atoms with Crippen LogP contribution in [0.1, 0.15) is 151 Å². The third-order valence-corrected chi connectivity index (χ3v) is 15.4. The van der Waals surface area contributed by atoms with Crippen molar-refractivity contribution >= 4 is 55.5 Å². The summed E-state index contributed by atoms with van der Waals surface area (Å²) in [4.78, 5) is 51.1. The van der Waals surface area contributed by atoms with Crippen molar-refractivity contribution < 1.29 is 61.4 Å². The maximum Gasteiger partial charge on any atom is 0.414 e. The number of nitrogens with one attached hydrogen (secondary N) is 1. The number of carboxylic acids is 1. The molecule has 0 saturated heterocycles. The van der Waals surface area contributed by atoms with E-state index in [0.717, 1.165) is 57.6 Å². The number of pyridine rings is 2. The van der Waals surface area contributed by atoms with Crippen LogP contribution in [0.2, 0.25) is 0 Å². The number of anilines is 1. The number of nitrogens with zero attached hydrogens (tertiary/aromatic N) is 6. The summed E-state index contributed by atoms with van der Waals surface area (Å²) in [6.45, 7) is 12.5. The average Bonchev–Trinajstić information content (AvgIpc) is 4.24. The maximum absolute atomic E-state index is 14.7. The molecule has 0 bridgehead atoms. The number of ether oxygens (including phenoxy) is 1. The second-order valence-electron chi connectivity index (χ2n) is 18.7. The van der Waals surface area contributed by atoms with Crippen LogP contribution >= 0.6 is 0 Å². The monoisotopic (exact) mass is 1080 g/mol. The van der Waals surface area contributed by atoms with E-state index in [9.17, 15) is 48.8 Å². The first-order valence-electron chi connectivity index (χ1n) is 24.5. The number of nitrogen functional groups attached to an aromatic ring is 1. The highest BCUT2D eigenvalue weighted by Crippen LogP contribution is 2.41. The molecule has 0 radical (unpaired) electrons. The van der Waals surface area contributed by atoms with Gasteiger partial charge < -0.3 is 21.3 Å². The molecule has 4 heterocycles. The number of carboxylic acid groups (broad SMARTS) is 1. The molecule has 6 N–H and O–H groups in total. The van der Waals surface area contributed by atoms with E-state index in [4.69, 9.17) is 24.1 Å². The van der Waals surface area contributed by atoms with E-state index in [0.29, 0.717) is 31.2 Å². The van der Waals surface area contributed by atoms with Crippen molar-refractivity contribution in [3.8, 4) is 0 Å². The molecule has 1 amide bonds. The Morgan fingerprint density at radius 1 is 0.757 bits per heavy atom. The number of sulfonamides is 2. The van der Waals surface area contributed by atoms with E-state index in [2.05, 4.69) is 25.3 Å². The van der Waals surface area contributed by atoms with Gasteiger partial charge in [0.25, 0.3) is 0 Å². The van der Waals surface area contributed by atoms with Crippen molar-refractivity contribution in [1.29, 1.82) is 0 Å². The highest BCUT2D eigenvalue weighted by molar-refractivity contribution is 7.90. The van der Waals surface area contributed by atoms with Gasteiger partial charge in [0.2, 0.25) is 32.0 Å². The maximum atomic E-state index is 14.7. The summed E-state index contributed by atoms with van der Waals surface area (Å²) < 4.78 is 126. The number of amides is 1. The lowest BCUT2D eigenvalue weighted by molar-refractivity contribution is 0.0557. The van der Waals surface area contributed by atoms with Crippen molar-refractivity contribution in [2.24, 2.45) is 15.7 Å². The highest BCUT2D eigenvalue weighted by Gasteiger charge is 2.44. The van der Waals surface area contributed by atoms with Crippen LogP contribution in [0.3, 0.4) is 0 Å². The van der Waals surface area contributed by atoms with Crippen molar-refractivity contribution in [1.82, 2.24) is 23.9 Å². The Balaban J connectivity index is 0.000000248. The lowest BCUT2D eigenvalue weighted by Crippen LogP contribution is -2.54. The molecule has 8 rings (SSSR count). The van der Waals surface area contributed by atoms with Crippen molar-refractivity contribution in [3.05, 3.63) is 123 Å². The van der Waals surface area contributed by atoms with Crippen molar-refractivity contribution in [2.45, 2.75) is 123 Å². The molecule has 2 fully saturated rings. The lowest BCUT2D eigenvalue weighted by Gasteiger charge is -2.36. The molecular weight excluding hydrogens is 1010 g/mol. The number of hydrogen-bond acceptors (Lipinski definition) is 14. The Hall–Kier alpha value is -6.69. The van der Waals surface area contributed by atoms with E-state index in [1.54, 1.807) is 34.6 Å². The number of rotatable bonds is 8. The fourth-order valence-corrected chi connectivity index (χ4v) is 10.4. The van der Waals surface area contributed by atoms with E-state index in [1.165, 1.54) is 76.7 Å². The molecule has 4 aromatic rings. The zero-order chi connectivity index (χ0) is 57.3. The average molecular weight is 1080 g/mol. The number of aromatic carboxylic acids is 1. The Morgan fingerprint density at radius 3 is 1.68 bits per heavy atom. The van der Waals surface area contributed by atoms with Crippen molar-refractivity contribution in [2.75, 3.05) is 31.3 Å². The number of ketones is 1. The first-order chi connectivity index (χ1) is 35.2. The van der Waals surface area contributed by atoms with E-state index >= 15 is 0 Å². The van der Waals surface area contributed by atoms with E-state index in [1.807, 2.05) is 0 Å². The van der Waals surface area contributed by atoms with Gasteiger partial charge in [-0.2, -0.15) is 0 Å². The molecule has 74 heavy (non-hydrogen) atoms.